The average Bonchev–Trinajstić information content (AvgIpc) is 3.41. The smallest absolute Gasteiger partial charge is 0.255 e. The van der Waals surface area contributed by atoms with Crippen molar-refractivity contribution in [3.8, 4) is 5.75 Å². The molecule has 3 N–H and O–H groups in total. The van der Waals surface area contributed by atoms with Crippen molar-refractivity contribution in [1.29, 1.82) is 0 Å². The van der Waals surface area contributed by atoms with Gasteiger partial charge in [-0.2, -0.15) is 0 Å². The number of rotatable bonds is 8. The Kier molecular flexibility index (Phi) is 7.04. The topological polar surface area (TPSA) is 100 Å². The molecule has 2 unspecified atom stereocenters. The van der Waals surface area contributed by atoms with Crippen LogP contribution in [-0.4, -0.2) is 79.5 Å². The Bertz CT molecular complexity index is 1050. The quantitative estimate of drug-likeness (QED) is 0.531. The van der Waals surface area contributed by atoms with Gasteiger partial charge in [0.05, 0.1) is 44.1 Å². The average molecular weight is 480 g/mol. The maximum atomic E-state index is 13.2. The van der Waals surface area contributed by atoms with Crippen LogP contribution in [0, 0.1) is 0 Å². The molecule has 2 aliphatic heterocycles. The van der Waals surface area contributed by atoms with Crippen molar-refractivity contribution < 1.29 is 24.2 Å². The van der Waals surface area contributed by atoms with E-state index >= 15 is 0 Å². The van der Waals surface area contributed by atoms with Crippen LogP contribution in [0.5, 0.6) is 5.75 Å². The third-order valence-electron chi connectivity index (χ3n) is 7.36. The molecule has 2 amide bonds. The molecule has 3 atom stereocenters. The van der Waals surface area contributed by atoms with Crippen molar-refractivity contribution in [3.05, 3.63) is 64.7 Å². The molecule has 2 saturated heterocycles. The number of hydrogen-bond donors (Lipinski definition) is 3. The standard InChI is InChI=1S/C27H33N3O5/c1-34-25-12-19(27(33)30-21-7-8-22(30)16-35-15-21)6-9-24(25)26(32)29-14-23(31)13-28-20-10-17-4-2-3-5-18(17)11-20/h2-6,9,12,20-23,28,31H,7-8,10-11,13-16H2,1H3,(H,29,32)/t21?,22?,23-/m0/s1. The van der Waals surface area contributed by atoms with E-state index in [1.54, 1.807) is 18.2 Å². The fourth-order valence-electron chi connectivity index (χ4n) is 5.50. The Morgan fingerprint density at radius 1 is 1.09 bits per heavy atom. The van der Waals surface area contributed by atoms with E-state index in [2.05, 4.69) is 34.9 Å². The zero-order chi connectivity index (χ0) is 24.4. The number of methoxy groups -OCH3 is 1. The molecule has 8 heteroatoms. The van der Waals surface area contributed by atoms with Gasteiger partial charge >= 0.3 is 0 Å². The highest BCUT2D eigenvalue weighted by atomic mass is 16.5. The molecule has 2 bridgehead atoms. The molecule has 0 spiro atoms. The molecule has 2 heterocycles. The van der Waals surface area contributed by atoms with Crippen molar-refractivity contribution in [2.45, 2.75) is 49.9 Å². The first-order valence-corrected chi connectivity index (χ1v) is 12.4. The first-order valence-electron chi connectivity index (χ1n) is 12.4. The second-order valence-electron chi connectivity index (χ2n) is 9.70. The summed E-state index contributed by atoms with van der Waals surface area (Å²) in [4.78, 5) is 27.9. The summed E-state index contributed by atoms with van der Waals surface area (Å²) >= 11 is 0. The van der Waals surface area contributed by atoms with E-state index in [0.717, 1.165) is 25.7 Å². The van der Waals surface area contributed by atoms with Crippen molar-refractivity contribution in [1.82, 2.24) is 15.5 Å². The number of carbonyl (C=O) groups is 2. The molecule has 3 aliphatic rings. The van der Waals surface area contributed by atoms with E-state index in [9.17, 15) is 14.7 Å². The van der Waals surface area contributed by atoms with Gasteiger partial charge in [0, 0.05) is 24.7 Å². The van der Waals surface area contributed by atoms with Gasteiger partial charge in [-0.25, -0.2) is 0 Å². The fraction of sp³-hybridized carbons (Fsp3) is 0.481. The van der Waals surface area contributed by atoms with Gasteiger partial charge < -0.3 is 30.1 Å². The van der Waals surface area contributed by atoms with Crippen LogP contribution in [0.3, 0.4) is 0 Å². The highest BCUT2D eigenvalue weighted by molar-refractivity contribution is 6.00. The Labute approximate surface area is 205 Å². The second-order valence-corrected chi connectivity index (χ2v) is 9.70. The summed E-state index contributed by atoms with van der Waals surface area (Å²) in [6.45, 7) is 1.66. The number of carbonyl (C=O) groups excluding carboxylic acids is 2. The fourth-order valence-corrected chi connectivity index (χ4v) is 5.50. The molecule has 0 saturated carbocycles. The van der Waals surface area contributed by atoms with Crippen LogP contribution in [-0.2, 0) is 17.6 Å². The van der Waals surface area contributed by atoms with Crippen LogP contribution in [0.4, 0.5) is 0 Å². The lowest BCUT2D eigenvalue weighted by Crippen LogP contribution is -2.49. The predicted molar refractivity (Wildman–Crippen MR) is 131 cm³/mol. The lowest BCUT2D eigenvalue weighted by Gasteiger charge is -2.34. The molecule has 0 aromatic heterocycles. The van der Waals surface area contributed by atoms with Gasteiger partial charge in [-0.15, -0.1) is 0 Å². The summed E-state index contributed by atoms with van der Waals surface area (Å²) in [6.07, 6.45) is 3.09. The van der Waals surface area contributed by atoms with Crippen molar-refractivity contribution >= 4 is 11.8 Å². The lowest BCUT2D eigenvalue weighted by atomic mass is 10.1. The van der Waals surface area contributed by atoms with Crippen LogP contribution in [0.15, 0.2) is 42.5 Å². The molecule has 2 aromatic rings. The zero-order valence-electron chi connectivity index (χ0n) is 20.0. The minimum absolute atomic E-state index is 0.0541. The minimum atomic E-state index is -0.716. The Morgan fingerprint density at radius 2 is 1.77 bits per heavy atom. The van der Waals surface area contributed by atoms with E-state index in [-0.39, 0.29) is 30.4 Å². The summed E-state index contributed by atoms with van der Waals surface area (Å²) in [5.41, 5.74) is 3.53. The molecule has 186 valence electrons. The summed E-state index contributed by atoms with van der Waals surface area (Å²) in [6, 6.07) is 13.8. The summed E-state index contributed by atoms with van der Waals surface area (Å²) in [5, 5.41) is 16.6. The number of nitrogens with one attached hydrogen (secondary N) is 2. The zero-order valence-corrected chi connectivity index (χ0v) is 20.0. The summed E-state index contributed by atoms with van der Waals surface area (Å²) in [7, 11) is 1.48. The van der Waals surface area contributed by atoms with Gasteiger partial charge in [0.25, 0.3) is 11.8 Å². The summed E-state index contributed by atoms with van der Waals surface area (Å²) < 4.78 is 11.0. The normalized spacial score (nSPS) is 22.1. The van der Waals surface area contributed by atoms with Gasteiger partial charge in [0.15, 0.2) is 0 Å². The van der Waals surface area contributed by atoms with Gasteiger partial charge in [-0.3, -0.25) is 9.59 Å². The van der Waals surface area contributed by atoms with Gasteiger partial charge in [0.1, 0.15) is 5.75 Å². The largest absolute Gasteiger partial charge is 0.496 e. The number of morpholine rings is 1. The minimum Gasteiger partial charge on any atom is -0.496 e. The van der Waals surface area contributed by atoms with Crippen molar-refractivity contribution in [2.24, 2.45) is 0 Å². The molecule has 8 nitrogen and oxygen atoms in total. The van der Waals surface area contributed by atoms with E-state index < -0.39 is 6.10 Å². The number of amides is 2. The Hall–Kier alpha value is -2.94. The van der Waals surface area contributed by atoms with Crippen molar-refractivity contribution in [3.63, 3.8) is 0 Å². The van der Waals surface area contributed by atoms with Gasteiger partial charge in [-0.1, -0.05) is 24.3 Å². The Balaban J connectivity index is 1.14. The van der Waals surface area contributed by atoms with E-state index in [4.69, 9.17) is 9.47 Å². The van der Waals surface area contributed by atoms with E-state index in [1.165, 1.54) is 18.2 Å². The van der Waals surface area contributed by atoms with Crippen molar-refractivity contribution in [2.75, 3.05) is 33.4 Å². The number of aliphatic hydroxyl groups is 1. The van der Waals surface area contributed by atoms with E-state index in [1.807, 2.05) is 4.90 Å². The molecule has 35 heavy (non-hydrogen) atoms. The first-order chi connectivity index (χ1) is 17.0. The highest BCUT2D eigenvalue weighted by Crippen LogP contribution is 2.31. The van der Waals surface area contributed by atoms with Gasteiger partial charge in [-0.05, 0) is 55.0 Å². The number of hydrogen-bond acceptors (Lipinski definition) is 6. The number of benzene rings is 2. The molecule has 2 aromatic carbocycles. The third kappa shape index (κ3) is 5.05. The van der Waals surface area contributed by atoms with Crippen LogP contribution >= 0.6 is 0 Å². The monoisotopic (exact) mass is 479 g/mol. The lowest BCUT2D eigenvalue weighted by molar-refractivity contribution is -0.00717. The number of aliphatic hydroxyl groups excluding tert-OH is 1. The van der Waals surface area contributed by atoms with Gasteiger partial charge in [0.2, 0.25) is 0 Å². The third-order valence-corrected chi connectivity index (χ3v) is 7.36. The van der Waals surface area contributed by atoms with Crippen LogP contribution in [0.25, 0.3) is 0 Å². The Morgan fingerprint density at radius 3 is 2.43 bits per heavy atom. The number of fused-ring (bicyclic) bond motifs is 3. The number of ether oxygens (including phenoxy) is 2. The highest BCUT2D eigenvalue weighted by Gasteiger charge is 2.40. The molecule has 1 aliphatic carbocycles. The first kappa shape index (κ1) is 23.8. The van der Waals surface area contributed by atoms with E-state index in [0.29, 0.717) is 42.7 Å². The maximum Gasteiger partial charge on any atom is 0.255 e. The number of nitrogens with zero attached hydrogens (tertiary/aromatic N) is 1. The second kappa shape index (κ2) is 10.4. The molecule has 2 fully saturated rings. The van der Waals surface area contributed by atoms with Crippen LogP contribution in [0.1, 0.15) is 44.7 Å². The molecule has 5 rings (SSSR count). The summed E-state index contributed by atoms with van der Waals surface area (Å²) in [5.74, 6) is -0.0634. The van der Waals surface area contributed by atoms with Crippen LogP contribution < -0.4 is 15.4 Å². The molecular formula is C27H33N3O5. The molecular weight excluding hydrogens is 446 g/mol. The predicted octanol–water partition coefficient (Wildman–Crippen LogP) is 1.55. The molecule has 0 radical (unpaired) electrons. The maximum absolute atomic E-state index is 13.2. The van der Waals surface area contributed by atoms with Crippen LogP contribution in [0.2, 0.25) is 0 Å². The SMILES string of the molecule is COc1cc(C(=O)N2C3CCC2COC3)ccc1C(=O)NC[C@@H](O)CNC1Cc2ccccc2C1.